The van der Waals surface area contributed by atoms with Gasteiger partial charge in [-0.1, -0.05) is 0 Å². The molecule has 0 aliphatic carbocycles. The molecule has 0 saturated carbocycles. The number of ether oxygens (including phenoxy) is 1. The molecule has 1 amide bonds. The fourth-order valence-corrected chi connectivity index (χ4v) is 1.95. The molecule has 6 nitrogen and oxygen atoms in total. The van der Waals surface area contributed by atoms with Crippen LogP contribution in [-0.4, -0.2) is 53.6 Å². The topological polar surface area (TPSA) is 70.2 Å². The summed E-state index contributed by atoms with van der Waals surface area (Å²) >= 11 is 0. The minimum Gasteiger partial charge on any atom is -0.378 e. The number of morpholine rings is 1. The molecule has 2 rings (SSSR count). The molecule has 1 saturated heterocycles. The first-order valence-corrected chi connectivity index (χ1v) is 6.32. The lowest BCUT2D eigenvalue weighted by Crippen LogP contribution is -2.41. The molecule has 1 aromatic rings. The summed E-state index contributed by atoms with van der Waals surface area (Å²) in [5.41, 5.74) is 1.05. The summed E-state index contributed by atoms with van der Waals surface area (Å²) in [5, 5.41) is 3.24. The molecule has 0 atom stereocenters. The van der Waals surface area contributed by atoms with Crippen molar-refractivity contribution < 1.29 is 9.53 Å². The SMILES string of the molecule is Cc1ncc(CNCCC(=O)N2CCOCC2)[nH]1. The Hall–Kier alpha value is -1.40. The maximum Gasteiger partial charge on any atom is 0.224 e. The molecule has 0 radical (unpaired) electrons. The van der Waals surface area contributed by atoms with Crippen LogP contribution in [0, 0.1) is 6.92 Å². The predicted molar refractivity (Wildman–Crippen MR) is 67.0 cm³/mol. The van der Waals surface area contributed by atoms with Crippen LogP contribution < -0.4 is 5.32 Å². The lowest BCUT2D eigenvalue weighted by atomic mass is 10.3. The van der Waals surface area contributed by atoms with E-state index in [-0.39, 0.29) is 5.91 Å². The third kappa shape index (κ3) is 3.82. The number of imidazole rings is 1. The van der Waals surface area contributed by atoms with Crippen molar-refractivity contribution in [2.45, 2.75) is 19.9 Å². The number of aryl methyl sites for hydroxylation is 1. The van der Waals surface area contributed by atoms with Crippen LogP contribution in [0.3, 0.4) is 0 Å². The van der Waals surface area contributed by atoms with Gasteiger partial charge < -0.3 is 19.9 Å². The molecule has 0 bridgehead atoms. The van der Waals surface area contributed by atoms with Crippen LogP contribution >= 0.6 is 0 Å². The Balaban J connectivity index is 1.61. The number of H-pyrrole nitrogens is 1. The second kappa shape index (κ2) is 6.51. The minimum atomic E-state index is 0.201. The molecule has 0 aromatic carbocycles. The van der Waals surface area contributed by atoms with Gasteiger partial charge in [-0.05, 0) is 6.92 Å². The van der Waals surface area contributed by atoms with Gasteiger partial charge in [-0.25, -0.2) is 4.98 Å². The maximum atomic E-state index is 11.8. The Kier molecular flexibility index (Phi) is 4.72. The van der Waals surface area contributed by atoms with Gasteiger partial charge in [-0.3, -0.25) is 4.79 Å². The quantitative estimate of drug-likeness (QED) is 0.727. The van der Waals surface area contributed by atoms with E-state index in [2.05, 4.69) is 15.3 Å². The van der Waals surface area contributed by atoms with Crippen molar-refractivity contribution in [3.63, 3.8) is 0 Å². The lowest BCUT2D eigenvalue weighted by Gasteiger charge is -2.26. The fraction of sp³-hybridized carbons (Fsp3) is 0.667. The van der Waals surface area contributed by atoms with Crippen LogP contribution in [0.15, 0.2) is 6.20 Å². The number of nitrogens with zero attached hydrogens (tertiary/aromatic N) is 2. The number of hydrogen-bond acceptors (Lipinski definition) is 4. The van der Waals surface area contributed by atoms with Crippen LogP contribution in [0.25, 0.3) is 0 Å². The first-order valence-electron chi connectivity index (χ1n) is 6.32. The number of amides is 1. The second-order valence-electron chi connectivity index (χ2n) is 4.41. The van der Waals surface area contributed by atoms with E-state index >= 15 is 0 Å². The monoisotopic (exact) mass is 252 g/mol. The smallest absolute Gasteiger partial charge is 0.224 e. The maximum absolute atomic E-state index is 11.8. The zero-order valence-electron chi connectivity index (χ0n) is 10.7. The molecule has 1 fully saturated rings. The van der Waals surface area contributed by atoms with E-state index in [0.29, 0.717) is 26.2 Å². The van der Waals surface area contributed by atoms with Gasteiger partial charge in [0.25, 0.3) is 0 Å². The largest absolute Gasteiger partial charge is 0.378 e. The van der Waals surface area contributed by atoms with E-state index in [0.717, 1.165) is 31.2 Å². The van der Waals surface area contributed by atoms with Crippen molar-refractivity contribution in [1.82, 2.24) is 20.2 Å². The van der Waals surface area contributed by atoms with Crippen LogP contribution in [0.1, 0.15) is 17.9 Å². The fourth-order valence-electron chi connectivity index (χ4n) is 1.95. The summed E-state index contributed by atoms with van der Waals surface area (Å²) in [4.78, 5) is 21.0. The molecule has 0 unspecified atom stereocenters. The van der Waals surface area contributed by atoms with Crippen molar-refractivity contribution >= 4 is 5.91 Å². The highest BCUT2D eigenvalue weighted by Gasteiger charge is 2.15. The van der Waals surface area contributed by atoms with Gasteiger partial charge in [0.1, 0.15) is 5.82 Å². The van der Waals surface area contributed by atoms with E-state index in [1.807, 2.05) is 18.0 Å². The molecule has 1 aromatic heterocycles. The van der Waals surface area contributed by atoms with Crippen molar-refractivity contribution in [3.8, 4) is 0 Å². The summed E-state index contributed by atoms with van der Waals surface area (Å²) in [6, 6.07) is 0. The highest BCUT2D eigenvalue weighted by Crippen LogP contribution is 2.00. The first-order chi connectivity index (χ1) is 8.75. The first kappa shape index (κ1) is 13.0. The number of hydrogen-bond donors (Lipinski definition) is 2. The molecular weight excluding hydrogens is 232 g/mol. The average molecular weight is 252 g/mol. The Labute approximate surface area is 107 Å². The Morgan fingerprint density at radius 1 is 1.56 bits per heavy atom. The molecule has 18 heavy (non-hydrogen) atoms. The summed E-state index contributed by atoms with van der Waals surface area (Å²) in [7, 11) is 0. The van der Waals surface area contributed by atoms with Gasteiger partial charge in [0.15, 0.2) is 0 Å². The number of carbonyl (C=O) groups is 1. The Morgan fingerprint density at radius 2 is 2.33 bits per heavy atom. The van der Waals surface area contributed by atoms with Crippen molar-refractivity contribution in [2.75, 3.05) is 32.8 Å². The standard InChI is InChI=1S/C12H20N4O2/c1-10-14-9-11(15-10)8-13-3-2-12(17)16-4-6-18-7-5-16/h9,13H,2-8H2,1H3,(H,14,15). The van der Waals surface area contributed by atoms with Gasteiger partial charge in [0.05, 0.1) is 13.2 Å². The third-order valence-corrected chi connectivity index (χ3v) is 2.95. The second-order valence-corrected chi connectivity index (χ2v) is 4.41. The zero-order valence-corrected chi connectivity index (χ0v) is 10.7. The normalized spacial score (nSPS) is 15.9. The molecule has 1 aliphatic rings. The van der Waals surface area contributed by atoms with Gasteiger partial charge in [0, 0.05) is 44.5 Å². The Bertz CT molecular complexity index is 385. The highest BCUT2D eigenvalue weighted by atomic mass is 16.5. The van der Waals surface area contributed by atoms with E-state index < -0.39 is 0 Å². The average Bonchev–Trinajstić information content (AvgIpc) is 2.81. The lowest BCUT2D eigenvalue weighted by molar-refractivity contribution is -0.135. The third-order valence-electron chi connectivity index (χ3n) is 2.95. The summed E-state index contributed by atoms with van der Waals surface area (Å²) in [5.74, 6) is 1.11. The van der Waals surface area contributed by atoms with Crippen LogP contribution in [0.5, 0.6) is 0 Å². The van der Waals surface area contributed by atoms with Crippen molar-refractivity contribution in [3.05, 3.63) is 17.7 Å². The summed E-state index contributed by atoms with van der Waals surface area (Å²) in [6.45, 7) is 6.09. The zero-order chi connectivity index (χ0) is 12.8. The summed E-state index contributed by atoms with van der Waals surface area (Å²) < 4.78 is 5.22. The number of nitrogens with one attached hydrogen (secondary N) is 2. The van der Waals surface area contributed by atoms with Gasteiger partial charge in [-0.2, -0.15) is 0 Å². The number of aromatic nitrogens is 2. The van der Waals surface area contributed by atoms with Gasteiger partial charge in [0.2, 0.25) is 5.91 Å². The van der Waals surface area contributed by atoms with Gasteiger partial charge >= 0.3 is 0 Å². The minimum absolute atomic E-state index is 0.201. The van der Waals surface area contributed by atoms with Crippen LogP contribution in [-0.2, 0) is 16.1 Å². The molecular formula is C12H20N4O2. The van der Waals surface area contributed by atoms with E-state index in [1.165, 1.54) is 0 Å². The molecule has 2 heterocycles. The van der Waals surface area contributed by atoms with E-state index in [4.69, 9.17) is 4.74 Å². The van der Waals surface area contributed by atoms with Gasteiger partial charge in [-0.15, -0.1) is 0 Å². The highest BCUT2D eigenvalue weighted by molar-refractivity contribution is 5.76. The number of carbonyl (C=O) groups excluding carboxylic acids is 1. The van der Waals surface area contributed by atoms with E-state index in [9.17, 15) is 4.79 Å². The molecule has 0 spiro atoms. The van der Waals surface area contributed by atoms with Crippen LogP contribution in [0.4, 0.5) is 0 Å². The molecule has 2 N–H and O–H groups in total. The van der Waals surface area contributed by atoms with Crippen molar-refractivity contribution in [2.24, 2.45) is 0 Å². The summed E-state index contributed by atoms with van der Waals surface area (Å²) in [6.07, 6.45) is 2.35. The van der Waals surface area contributed by atoms with Crippen molar-refractivity contribution in [1.29, 1.82) is 0 Å². The number of aromatic amines is 1. The van der Waals surface area contributed by atoms with Crippen LogP contribution in [0.2, 0.25) is 0 Å². The van der Waals surface area contributed by atoms with E-state index in [1.54, 1.807) is 0 Å². The predicted octanol–water partition coefficient (Wildman–Crippen LogP) is 0.0566. The molecule has 100 valence electrons. The Morgan fingerprint density at radius 3 is 3.00 bits per heavy atom. The number of rotatable bonds is 5. The molecule has 1 aliphatic heterocycles. The molecule has 6 heteroatoms.